The van der Waals surface area contributed by atoms with Crippen molar-refractivity contribution < 1.29 is 13.9 Å². The van der Waals surface area contributed by atoms with Crippen molar-refractivity contribution in [2.45, 2.75) is 6.92 Å². The first-order valence-electron chi connectivity index (χ1n) is 8.89. The largest absolute Gasteiger partial charge is 0.494 e. The number of hydrogen-bond acceptors (Lipinski definition) is 4. The molecule has 0 spiro atoms. The Morgan fingerprint density at radius 2 is 1.97 bits per heavy atom. The zero-order valence-corrected chi connectivity index (χ0v) is 16.2. The fourth-order valence-electron chi connectivity index (χ4n) is 2.90. The molecule has 1 N–H and O–H groups in total. The summed E-state index contributed by atoms with van der Waals surface area (Å²) in [4.78, 5) is 16.8. The molecule has 0 aliphatic carbocycles. The molecule has 0 radical (unpaired) electrons. The quantitative estimate of drug-likeness (QED) is 0.511. The third-order valence-electron chi connectivity index (χ3n) is 4.22. The van der Waals surface area contributed by atoms with Crippen LogP contribution in [0.15, 0.2) is 60.8 Å². The minimum Gasteiger partial charge on any atom is -0.494 e. The Labute approximate surface area is 170 Å². The number of amides is 1. The monoisotopic (exact) mass is 410 g/mol. The second-order valence-corrected chi connectivity index (χ2v) is 6.60. The van der Waals surface area contributed by atoms with Crippen LogP contribution in [-0.2, 0) is 0 Å². The molecule has 0 atom stereocenters. The number of carbonyl (C=O) groups is 1. The highest BCUT2D eigenvalue weighted by Crippen LogP contribution is 2.26. The van der Waals surface area contributed by atoms with Gasteiger partial charge in [-0.15, -0.1) is 0 Å². The maximum absolute atomic E-state index is 14.4. The third-order valence-corrected chi connectivity index (χ3v) is 4.46. The molecule has 0 saturated carbocycles. The first-order valence-corrected chi connectivity index (χ1v) is 9.27. The highest BCUT2D eigenvalue weighted by molar-refractivity contribution is 6.30. The van der Waals surface area contributed by atoms with Crippen molar-refractivity contribution in [2.24, 2.45) is 0 Å². The zero-order valence-electron chi connectivity index (χ0n) is 15.4. The number of fused-ring (bicyclic) bond motifs is 1. The van der Waals surface area contributed by atoms with Crippen LogP contribution in [0, 0.1) is 5.82 Å². The highest BCUT2D eigenvalue weighted by Gasteiger charge is 2.16. The van der Waals surface area contributed by atoms with Crippen molar-refractivity contribution in [1.82, 2.24) is 14.6 Å². The molecule has 8 heteroatoms. The molecule has 2 aromatic carbocycles. The van der Waals surface area contributed by atoms with Gasteiger partial charge in [-0.05, 0) is 55.5 Å². The highest BCUT2D eigenvalue weighted by atomic mass is 35.5. The molecule has 4 aromatic rings. The van der Waals surface area contributed by atoms with Gasteiger partial charge in [0.2, 0.25) is 0 Å². The molecule has 29 heavy (non-hydrogen) atoms. The van der Waals surface area contributed by atoms with E-state index in [1.54, 1.807) is 48.5 Å². The number of carbonyl (C=O) groups excluding carboxylic acids is 1. The van der Waals surface area contributed by atoms with Crippen molar-refractivity contribution >= 4 is 28.8 Å². The summed E-state index contributed by atoms with van der Waals surface area (Å²) in [6.45, 7) is 2.47. The molecule has 0 saturated heterocycles. The Morgan fingerprint density at radius 3 is 2.69 bits per heavy atom. The van der Waals surface area contributed by atoms with E-state index in [1.807, 2.05) is 6.92 Å². The molecule has 0 unspecified atom stereocenters. The smallest absolute Gasteiger partial charge is 0.276 e. The van der Waals surface area contributed by atoms with Gasteiger partial charge in [-0.2, -0.15) is 5.10 Å². The number of nitrogens with zero attached hydrogens (tertiary/aromatic N) is 3. The maximum atomic E-state index is 14.4. The number of halogens is 2. The van der Waals surface area contributed by atoms with E-state index < -0.39 is 11.7 Å². The van der Waals surface area contributed by atoms with Gasteiger partial charge in [-0.1, -0.05) is 11.6 Å². The number of aromatic nitrogens is 3. The Bertz CT molecular complexity index is 1190. The van der Waals surface area contributed by atoms with E-state index in [0.717, 1.165) is 5.75 Å². The van der Waals surface area contributed by atoms with Crippen LogP contribution in [0.2, 0.25) is 5.02 Å². The molecular formula is C21H16ClFN4O2. The van der Waals surface area contributed by atoms with Gasteiger partial charge in [-0.25, -0.2) is 13.9 Å². The van der Waals surface area contributed by atoms with Crippen LogP contribution in [0.4, 0.5) is 10.1 Å². The van der Waals surface area contributed by atoms with E-state index in [4.69, 9.17) is 16.3 Å². The summed E-state index contributed by atoms with van der Waals surface area (Å²) in [5, 5.41) is 7.39. The van der Waals surface area contributed by atoms with Gasteiger partial charge in [-0.3, -0.25) is 4.79 Å². The van der Waals surface area contributed by atoms with Crippen molar-refractivity contribution in [3.8, 4) is 17.0 Å². The molecular weight excluding hydrogens is 395 g/mol. The molecule has 0 aliphatic rings. The lowest BCUT2D eigenvalue weighted by Gasteiger charge is -2.06. The number of anilines is 1. The van der Waals surface area contributed by atoms with E-state index in [0.29, 0.717) is 34.2 Å². The van der Waals surface area contributed by atoms with Crippen molar-refractivity contribution in [3.05, 3.63) is 77.3 Å². The Kier molecular flexibility index (Phi) is 5.14. The molecule has 6 nitrogen and oxygen atoms in total. The first kappa shape index (κ1) is 18.9. The van der Waals surface area contributed by atoms with E-state index in [1.165, 1.54) is 16.8 Å². The van der Waals surface area contributed by atoms with Crippen LogP contribution < -0.4 is 10.1 Å². The van der Waals surface area contributed by atoms with Crippen LogP contribution in [0.1, 0.15) is 17.4 Å². The van der Waals surface area contributed by atoms with Gasteiger partial charge in [0.15, 0.2) is 11.3 Å². The van der Waals surface area contributed by atoms with Gasteiger partial charge < -0.3 is 10.1 Å². The molecule has 2 aromatic heterocycles. The number of rotatable bonds is 5. The standard InChI is InChI=1S/C21H16ClFN4O2/c1-2-29-15-6-4-14(5-7-15)25-21(28)18-12-20-24-10-9-19(27(20)26-18)16-8-3-13(22)11-17(16)23/h3-12H,2H2,1H3,(H,25,28). The minimum atomic E-state index is -0.485. The van der Waals surface area contributed by atoms with Crippen molar-refractivity contribution in [3.63, 3.8) is 0 Å². The number of nitrogens with one attached hydrogen (secondary N) is 1. The van der Waals surface area contributed by atoms with E-state index in [9.17, 15) is 9.18 Å². The minimum absolute atomic E-state index is 0.160. The number of benzene rings is 2. The molecule has 0 aliphatic heterocycles. The predicted molar refractivity (Wildman–Crippen MR) is 109 cm³/mol. The van der Waals surface area contributed by atoms with Gasteiger partial charge >= 0.3 is 0 Å². The van der Waals surface area contributed by atoms with Crippen LogP contribution >= 0.6 is 11.6 Å². The molecule has 146 valence electrons. The number of ether oxygens (including phenoxy) is 1. The van der Waals surface area contributed by atoms with Crippen LogP contribution in [0.25, 0.3) is 16.9 Å². The van der Waals surface area contributed by atoms with Crippen LogP contribution in [0.5, 0.6) is 5.75 Å². The summed E-state index contributed by atoms with van der Waals surface area (Å²) in [7, 11) is 0. The molecule has 0 bridgehead atoms. The maximum Gasteiger partial charge on any atom is 0.276 e. The van der Waals surface area contributed by atoms with Crippen molar-refractivity contribution in [2.75, 3.05) is 11.9 Å². The normalized spacial score (nSPS) is 10.9. The summed E-state index contributed by atoms with van der Waals surface area (Å²) in [5.41, 5.74) is 1.96. The van der Waals surface area contributed by atoms with Crippen molar-refractivity contribution in [1.29, 1.82) is 0 Å². The Hall–Kier alpha value is -3.45. The first-order chi connectivity index (χ1) is 14.0. The van der Waals surface area contributed by atoms with E-state index in [2.05, 4.69) is 15.4 Å². The molecule has 4 rings (SSSR count). The summed E-state index contributed by atoms with van der Waals surface area (Å²) >= 11 is 5.84. The lowest BCUT2D eigenvalue weighted by molar-refractivity contribution is 0.102. The van der Waals surface area contributed by atoms with Gasteiger partial charge in [0.25, 0.3) is 5.91 Å². The predicted octanol–water partition coefficient (Wildman–Crippen LogP) is 4.84. The van der Waals surface area contributed by atoms with E-state index in [-0.39, 0.29) is 5.69 Å². The van der Waals surface area contributed by atoms with Gasteiger partial charge in [0, 0.05) is 28.5 Å². The van der Waals surface area contributed by atoms with Gasteiger partial charge in [0.1, 0.15) is 11.6 Å². The number of hydrogen-bond donors (Lipinski definition) is 1. The molecule has 0 fully saturated rings. The summed E-state index contributed by atoms with van der Waals surface area (Å²) in [6, 6.07) is 14.6. The molecule has 1 amide bonds. The summed E-state index contributed by atoms with van der Waals surface area (Å²) in [5.74, 6) is -0.167. The zero-order chi connectivity index (χ0) is 20.4. The fraction of sp³-hybridized carbons (Fsp3) is 0.0952. The lowest BCUT2D eigenvalue weighted by Crippen LogP contribution is -2.12. The lowest BCUT2D eigenvalue weighted by atomic mass is 10.1. The second-order valence-electron chi connectivity index (χ2n) is 6.17. The summed E-state index contributed by atoms with van der Waals surface area (Å²) < 4.78 is 21.2. The van der Waals surface area contributed by atoms with E-state index >= 15 is 0 Å². The topological polar surface area (TPSA) is 68.5 Å². The SMILES string of the molecule is CCOc1ccc(NC(=O)c2cc3nccc(-c4ccc(Cl)cc4F)n3n2)cc1. The Balaban J connectivity index is 1.64. The Morgan fingerprint density at radius 1 is 1.17 bits per heavy atom. The molecule has 2 heterocycles. The van der Waals surface area contributed by atoms with Crippen LogP contribution in [0.3, 0.4) is 0 Å². The third kappa shape index (κ3) is 3.90. The van der Waals surface area contributed by atoms with Gasteiger partial charge in [0.05, 0.1) is 12.3 Å². The average Bonchev–Trinajstić information content (AvgIpc) is 3.15. The van der Waals surface area contributed by atoms with Crippen LogP contribution in [-0.4, -0.2) is 27.1 Å². The fourth-order valence-corrected chi connectivity index (χ4v) is 3.06. The average molecular weight is 411 g/mol. The second kappa shape index (κ2) is 7.89. The summed E-state index contributed by atoms with van der Waals surface area (Å²) in [6.07, 6.45) is 1.54.